The molecule has 0 saturated heterocycles. The van der Waals surface area contributed by atoms with Crippen LogP contribution in [0.5, 0.6) is 0 Å². The van der Waals surface area contributed by atoms with Crippen molar-refractivity contribution in [1.29, 1.82) is 0 Å². The first-order chi connectivity index (χ1) is 25.3. The van der Waals surface area contributed by atoms with Crippen molar-refractivity contribution in [2.45, 2.75) is 175 Å². The molecule has 0 aliphatic rings. The minimum absolute atomic E-state index is 0. The Morgan fingerprint density at radius 3 is 1.24 bits per heavy atom. The zero-order valence-corrected chi connectivity index (χ0v) is 39.8. The zero-order valence-electron chi connectivity index (χ0n) is 33.3. The van der Waals surface area contributed by atoms with Crippen molar-refractivity contribution in [2.75, 3.05) is 6.61 Å². The van der Waals surface area contributed by atoms with E-state index in [-0.39, 0.29) is 30.3 Å². The second-order valence-corrected chi connectivity index (χ2v) is 19.4. The number of carboxylic acid groups (broad SMARTS) is 1. The fraction of sp³-hybridized carbons (Fsp3) is 0.667. The van der Waals surface area contributed by atoms with Gasteiger partial charge in [0.2, 0.25) is 0 Å². The van der Waals surface area contributed by atoms with Crippen LogP contribution < -0.4 is 18.9 Å². The van der Waals surface area contributed by atoms with Crippen molar-refractivity contribution in [3.8, 4) is 0 Å². The molecular weight excluding hydrogens is 879 g/mol. The predicted molar refractivity (Wildman–Crippen MR) is 240 cm³/mol. The third-order valence-corrected chi connectivity index (χ3v) is 16.8. The van der Waals surface area contributed by atoms with E-state index >= 15 is 0 Å². The maximum absolute atomic E-state index is 12.3. The summed E-state index contributed by atoms with van der Waals surface area (Å²) in [6.45, 7) is 6.84. The smallest absolute Gasteiger partial charge is 0.870 e. The Morgan fingerprint density at radius 1 is 0.556 bits per heavy atom. The van der Waals surface area contributed by atoms with E-state index in [9.17, 15) is 14.7 Å². The van der Waals surface area contributed by atoms with Gasteiger partial charge in [0, 0.05) is 19.7 Å². The fourth-order valence-electron chi connectivity index (χ4n) is 6.71. The number of ether oxygens (including phenoxy) is 1. The SMILES string of the molecule is CCCCCCCCCCCCCc1c(C(=O)O)sc2c(Br)csc12.CCCCCCCCCCCCCc1c(C(=O)OCC)sc2c(Br)csc12.[Li+].[OH-]. The standard InChI is InChI=1S/C22H33BrO2S2.C20H29BrO2S2.Li.H2O/c1-3-5-6-7-8-9-10-11-12-13-14-15-17-19-21(18(23)16-26-19)27-20(17)22(24)25-4-2;1-2-3-4-5-6-7-8-9-10-11-12-13-15-17-19(16(21)14-24-17)25-18(15)20(22)23;;/h16H,3-15H2,1-2H3;14H,2-13H2,1H3,(H,22,23);;1H2/q;;+1;/p-1. The molecular formula is C42H63Br2LiO5S4. The molecule has 0 unspecified atom stereocenters. The van der Waals surface area contributed by atoms with Crippen LogP contribution in [0.15, 0.2) is 19.7 Å². The molecule has 2 N–H and O–H groups in total. The summed E-state index contributed by atoms with van der Waals surface area (Å²) in [6, 6.07) is 0. The van der Waals surface area contributed by atoms with Crippen molar-refractivity contribution in [1.82, 2.24) is 0 Å². The molecule has 4 aromatic heterocycles. The molecule has 12 heteroatoms. The van der Waals surface area contributed by atoms with Crippen LogP contribution in [0.4, 0.5) is 0 Å². The molecule has 0 fully saturated rings. The molecule has 5 nitrogen and oxygen atoms in total. The number of esters is 1. The zero-order chi connectivity index (χ0) is 37.6. The maximum atomic E-state index is 12.3. The second kappa shape index (κ2) is 30.8. The summed E-state index contributed by atoms with van der Waals surface area (Å²) in [7, 11) is 0. The quantitative estimate of drug-likeness (QED) is 0.0365. The number of hydrogen-bond donors (Lipinski definition) is 1. The Balaban J connectivity index is 0.000000522. The van der Waals surface area contributed by atoms with Gasteiger partial charge in [0.05, 0.1) is 25.4 Å². The van der Waals surface area contributed by atoms with E-state index < -0.39 is 5.97 Å². The molecule has 300 valence electrons. The number of hydrogen-bond acceptors (Lipinski definition) is 8. The summed E-state index contributed by atoms with van der Waals surface area (Å²) < 4.78 is 12.1. The molecule has 0 atom stereocenters. The number of aryl methyl sites for hydroxylation is 2. The van der Waals surface area contributed by atoms with Gasteiger partial charge in [-0.05, 0) is 75.6 Å². The van der Waals surface area contributed by atoms with Crippen molar-refractivity contribution in [3.63, 3.8) is 0 Å². The van der Waals surface area contributed by atoms with Gasteiger partial charge >= 0.3 is 30.8 Å². The predicted octanol–water partition coefficient (Wildman–Crippen LogP) is 13.9. The average Bonchev–Trinajstić information content (AvgIpc) is 3.89. The van der Waals surface area contributed by atoms with E-state index in [0.717, 1.165) is 49.8 Å². The first kappa shape index (κ1) is 51.8. The van der Waals surface area contributed by atoms with Gasteiger partial charge in [0.1, 0.15) is 9.75 Å². The van der Waals surface area contributed by atoms with Gasteiger partial charge in [-0.2, -0.15) is 0 Å². The number of rotatable bonds is 27. The Morgan fingerprint density at radius 2 is 0.889 bits per heavy atom. The third-order valence-electron chi connectivity index (χ3n) is 9.63. The first-order valence-electron chi connectivity index (χ1n) is 20.1. The van der Waals surface area contributed by atoms with Gasteiger partial charge in [-0.15, -0.1) is 45.3 Å². The van der Waals surface area contributed by atoms with E-state index in [4.69, 9.17) is 4.74 Å². The summed E-state index contributed by atoms with van der Waals surface area (Å²) in [5.41, 5.74) is 2.26. The van der Waals surface area contributed by atoms with Gasteiger partial charge in [0.25, 0.3) is 0 Å². The number of halogens is 2. The van der Waals surface area contributed by atoms with Crippen LogP contribution in [0.1, 0.15) is 192 Å². The van der Waals surface area contributed by atoms with Crippen LogP contribution in [-0.4, -0.2) is 29.1 Å². The summed E-state index contributed by atoms with van der Waals surface area (Å²) in [6.07, 6.45) is 31.2. The molecule has 0 radical (unpaired) electrons. The molecule has 0 bridgehead atoms. The van der Waals surface area contributed by atoms with Gasteiger partial charge in [-0.1, -0.05) is 142 Å². The topological polar surface area (TPSA) is 93.6 Å². The van der Waals surface area contributed by atoms with E-state index in [1.807, 2.05) is 6.92 Å². The van der Waals surface area contributed by atoms with E-state index in [2.05, 4.69) is 56.5 Å². The Kier molecular flexibility index (Phi) is 29.5. The fourth-order valence-corrected chi connectivity index (χ4v) is 13.1. The molecule has 0 amide bonds. The van der Waals surface area contributed by atoms with E-state index in [0.29, 0.717) is 11.5 Å². The molecule has 0 aromatic carbocycles. The van der Waals surface area contributed by atoms with Crippen molar-refractivity contribution < 1.29 is 43.8 Å². The summed E-state index contributed by atoms with van der Waals surface area (Å²) >= 11 is 13.5. The summed E-state index contributed by atoms with van der Waals surface area (Å²) in [5, 5.41) is 13.6. The number of aromatic carboxylic acids is 1. The minimum Gasteiger partial charge on any atom is -0.870 e. The van der Waals surface area contributed by atoms with Crippen LogP contribution in [0.3, 0.4) is 0 Å². The van der Waals surface area contributed by atoms with Crippen LogP contribution in [-0.2, 0) is 17.6 Å². The molecule has 0 saturated carbocycles. The molecule has 0 aliphatic carbocycles. The molecule has 4 rings (SSSR count). The monoisotopic (exact) mass is 940 g/mol. The molecule has 4 aromatic rings. The van der Waals surface area contributed by atoms with Gasteiger partial charge in [0.15, 0.2) is 0 Å². The molecule has 0 spiro atoms. The Bertz CT molecular complexity index is 1590. The number of fused-ring (bicyclic) bond motifs is 2. The number of unbranched alkanes of at least 4 members (excludes halogenated alkanes) is 20. The average molecular weight is 943 g/mol. The number of carbonyl (C=O) groups excluding carboxylic acids is 1. The third kappa shape index (κ3) is 17.7. The van der Waals surface area contributed by atoms with Gasteiger partial charge in [-0.3, -0.25) is 0 Å². The van der Waals surface area contributed by atoms with Gasteiger partial charge in [-0.25, -0.2) is 9.59 Å². The molecule has 4 heterocycles. The Hall–Kier alpha value is -0.223. The van der Waals surface area contributed by atoms with E-state index in [1.165, 1.54) is 159 Å². The largest absolute Gasteiger partial charge is 1.00 e. The molecule has 54 heavy (non-hydrogen) atoms. The number of carboxylic acids is 1. The van der Waals surface area contributed by atoms with Crippen molar-refractivity contribution >= 4 is 108 Å². The normalized spacial score (nSPS) is 11.0. The van der Waals surface area contributed by atoms with Crippen LogP contribution in [0, 0.1) is 0 Å². The van der Waals surface area contributed by atoms with E-state index in [1.54, 1.807) is 34.0 Å². The minimum atomic E-state index is -0.779. The van der Waals surface area contributed by atoms with Crippen molar-refractivity contribution in [2.24, 2.45) is 0 Å². The first-order valence-corrected chi connectivity index (χ1v) is 25.1. The molecule has 0 aliphatic heterocycles. The maximum Gasteiger partial charge on any atom is 1.00 e. The van der Waals surface area contributed by atoms with Crippen LogP contribution >= 0.6 is 77.2 Å². The van der Waals surface area contributed by atoms with Crippen LogP contribution in [0.25, 0.3) is 18.8 Å². The van der Waals surface area contributed by atoms with Gasteiger partial charge < -0.3 is 15.3 Å². The second-order valence-electron chi connectivity index (χ2n) is 13.9. The summed E-state index contributed by atoms with van der Waals surface area (Å²) in [5.74, 6) is -0.936. The number of thiophene rings is 4. The summed E-state index contributed by atoms with van der Waals surface area (Å²) in [4.78, 5) is 25.2. The number of carbonyl (C=O) groups is 2. The van der Waals surface area contributed by atoms with Crippen molar-refractivity contribution in [3.05, 3.63) is 40.6 Å². The van der Waals surface area contributed by atoms with Crippen LogP contribution in [0.2, 0.25) is 0 Å². The Labute approximate surface area is 370 Å².